The molecule has 0 radical (unpaired) electrons. The van der Waals surface area contributed by atoms with Crippen LogP contribution in [-0.4, -0.2) is 17.5 Å². The maximum absolute atomic E-state index is 14.6. The quantitative estimate of drug-likeness (QED) is 0.383. The normalized spacial score (nSPS) is 11.2. The van der Waals surface area contributed by atoms with Crippen LogP contribution in [-0.2, 0) is 6.54 Å². The summed E-state index contributed by atoms with van der Waals surface area (Å²) in [5.41, 5.74) is 3.54. The van der Waals surface area contributed by atoms with E-state index in [1.165, 1.54) is 11.3 Å². The summed E-state index contributed by atoms with van der Waals surface area (Å²) >= 11 is 1.48. The first kappa shape index (κ1) is 20.0. The number of hydrogen-bond acceptors (Lipinski definition) is 4. The highest BCUT2D eigenvalue weighted by atomic mass is 32.1. The Kier molecular flexibility index (Phi) is 7.14. The number of allylic oxidation sites excluding steroid dienone is 2. The molecule has 3 rings (SSSR count). The predicted molar refractivity (Wildman–Crippen MR) is 111 cm³/mol. The summed E-state index contributed by atoms with van der Waals surface area (Å²) in [4.78, 5) is 16.6. The molecule has 2 aromatic carbocycles. The maximum atomic E-state index is 14.6. The molecule has 0 bridgehead atoms. The molecule has 0 atom stereocenters. The second-order valence-electron chi connectivity index (χ2n) is 6.36. The molecule has 0 fully saturated rings. The van der Waals surface area contributed by atoms with Crippen LogP contribution in [0.5, 0.6) is 5.75 Å². The molecule has 0 saturated heterocycles. The third kappa shape index (κ3) is 5.16. The van der Waals surface area contributed by atoms with Gasteiger partial charge in [0.15, 0.2) is 11.6 Å². The number of nitrogens with one attached hydrogen (secondary N) is 1. The average Bonchev–Trinajstić information content (AvgIpc) is 3.18. The summed E-state index contributed by atoms with van der Waals surface area (Å²) < 4.78 is 21.1. The van der Waals surface area contributed by atoms with Crippen molar-refractivity contribution in [1.82, 2.24) is 10.3 Å². The molecule has 0 aliphatic heterocycles. The third-order valence-corrected chi connectivity index (χ3v) is 5.13. The molecule has 28 heavy (non-hydrogen) atoms. The Labute approximate surface area is 168 Å². The minimum atomic E-state index is -0.422. The Morgan fingerprint density at radius 2 is 2.18 bits per heavy atom. The lowest BCUT2D eigenvalue weighted by Gasteiger charge is -2.11. The van der Waals surface area contributed by atoms with E-state index in [9.17, 15) is 9.18 Å². The molecule has 0 saturated carbocycles. The molecular formula is C22H23FN2O2S. The Balaban J connectivity index is 1.55. The SMILES string of the molecule is CC=CCCCCOc1cccc(CNC(=O)c2ccc3ncsc3c2)c1F. The van der Waals surface area contributed by atoms with Gasteiger partial charge in [-0.05, 0) is 50.5 Å². The van der Waals surface area contributed by atoms with Crippen LogP contribution in [0.1, 0.15) is 42.1 Å². The summed E-state index contributed by atoms with van der Waals surface area (Å²) in [6.07, 6.45) is 7.00. The molecule has 1 amide bonds. The Morgan fingerprint density at radius 3 is 3.04 bits per heavy atom. The smallest absolute Gasteiger partial charge is 0.251 e. The fourth-order valence-electron chi connectivity index (χ4n) is 2.79. The number of rotatable bonds is 9. The van der Waals surface area contributed by atoms with Crippen molar-refractivity contribution in [2.24, 2.45) is 0 Å². The van der Waals surface area contributed by atoms with E-state index in [1.807, 2.05) is 19.1 Å². The topological polar surface area (TPSA) is 51.2 Å². The van der Waals surface area contributed by atoms with E-state index in [1.54, 1.807) is 35.8 Å². The van der Waals surface area contributed by atoms with Crippen LogP contribution in [0.15, 0.2) is 54.1 Å². The number of thiazole rings is 1. The molecule has 0 aliphatic rings. The van der Waals surface area contributed by atoms with E-state index in [-0.39, 0.29) is 18.2 Å². The lowest BCUT2D eigenvalue weighted by molar-refractivity contribution is 0.0950. The lowest BCUT2D eigenvalue weighted by Crippen LogP contribution is -2.23. The lowest BCUT2D eigenvalue weighted by atomic mass is 10.1. The number of amides is 1. The number of hydrogen-bond donors (Lipinski definition) is 1. The van der Waals surface area contributed by atoms with E-state index in [4.69, 9.17) is 4.74 Å². The summed E-state index contributed by atoms with van der Waals surface area (Å²) in [6, 6.07) is 10.3. The molecule has 1 N–H and O–H groups in total. The van der Waals surface area contributed by atoms with E-state index in [0.717, 1.165) is 29.5 Å². The molecule has 1 aromatic heterocycles. The van der Waals surface area contributed by atoms with Gasteiger partial charge in [0.1, 0.15) is 0 Å². The van der Waals surface area contributed by atoms with Gasteiger partial charge in [-0.15, -0.1) is 11.3 Å². The summed E-state index contributed by atoms with van der Waals surface area (Å²) in [5, 5.41) is 2.77. The van der Waals surface area contributed by atoms with E-state index >= 15 is 0 Å². The second-order valence-corrected chi connectivity index (χ2v) is 7.25. The summed E-state index contributed by atoms with van der Waals surface area (Å²) in [6.45, 7) is 2.57. The largest absolute Gasteiger partial charge is 0.491 e. The highest BCUT2D eigenvalue weighted by Crippen LogP contribution is 2.22. The molecule has 0 unspecified atom stereocenters. The van der Waals surface area contributed by atoms with Gasteiger partial charge < -0.3 is 10.1 Å². The Morgan fingerprint density at radius 1 is 1.29 bits per heavy atom. The third-order valence-electron chi connectivity index (χ3n) is 4.33. The first-order valence-corrected chi connectivity index (χ1v) is 10.2. The van der Waals surface area contributed by atoms with Gasteiger partial charge in [0.2, 0.25) is 0 Å². The fourth-order valence-corrected chi connectivity index (χ4v) is 3.51. The van der Waals surface area contributed by atoms with Crippen LogP contribution in [0, 0.1) is 5.82 Å². The number of halogens is 1. The van der Waals surface area contributed by atoms with Crippen LogP contribution in [0.2, 0.25) is 0 Å². The number of unbranched alkanes of at least 4 members (excludes halogenated alkanes) is 2. The number of fused-ring (bicyclic) bond motifs is 1. The highest BCUT2D eigenvalue weighted by Gasteiger charge is 2.12. The van der Waals surface area contributed by atoms with Gasteiger partial charge in [0.05, 0.1) is 22.3 Å². The van der Waals surface area contributed by atoms with Crippen LogP contribution in [0.4, 0.5) is 4.39 Å². The molecule has 0 spiro atoms. The molecule has 6 heteroatoms. The van der Waals surface area contributed by atoms with E-state index in [0.29, 0.717) is 17.7 Å². The van der Waals surface area contributed by atoms with Crippen molar-refractivity contribution < 1.29 is 13.9 Å². The molecule has 4 nitrogen and oxygen atoms in total. The summed E-state index contributed by atoms with van der Waals surface area (Å²) in [5.74, 6) is -0.442. The van der Waals surface area contributed by atoms with Gasteiger partial charge in [-0.2, -0.15) is 0 Å². The van der Waals surface area contributed by atoms with Gasteiger partial charge in [0.25, 0.3) is 5.91 Å². The second kappa shape index (κ2) is 9.99. The van der Waals surface area contributed by atoms with Crippen molar-refractivity contribution in [2.45, 2.75) is 32.7 Å². The zero-order chi connectivity index (χ0) is 19.8. The van der Waals surface area contributed by atoms with Gasteiger partial charge >= 0.3 is 0 Å². The zero-order valence-corrected chi connectivity index (χ0v) is 16.6. The number of benzene rings is 2. The fraction of sp³-hybridized carbons (Fsp3) is 0.273. The van der Waals surface area contributed by atoms with Crippen LogP contribution < -0.4 is 10.1 Å². The van der Waals surface area contributed by atoms with Crippen LogP contribution in [0.25, 0.3) is 10.2 Å². The van der Waals surface area contributed by atoms with Crippen LogP contribution in [0.3, 0.4) is 0 Å². The Hall–Kier alpha value is -2.73. The maximum Gasteiger partial charge on any atom is 0.251 e. The average molecular weight is 399 g/mol. The molecule has 1 heterocycles. The zero-order valence-electron chi connectivity index (χ0n) is 15.8. The van der Waals surface area contributed by atoms with Crippen molar-refractivity contribution in [3.05, 3.63) is 71.0 Å². The van der Waals surface area contributed by atoms with E-state index < -0.39 is 5.82 Å². The first-order valence-electron chi connectivity index (χ1n) is 9.32. The van der Waals surface area contributed by atoms with Gasteiger partial charge in [-0.1, -0.05) is 24.3 Å². The monoisotopic (exact) mass is 398 g/mol. The van der Waals surface area contributed by atoms with Gasteiger partial charge in [-0.3, -0.25) is 4.79 Å². The number of nitrogens with zero attached hydrogens (tertiary/aromatic N) is 1. The predicted octanol–water partition coefficient (Wildman–Crippen LogP) is 5.49. The molecule has 146 valence electrons. The van der Waals surface area contributed by atoms with Crippen molar-refractivity contribution in [1.29, 1.82) is 0 Å². The van der Waals surface area contributed by atoms with Gasteiger partial charge in [0, 0.05) is 17.7 Å². The van der Waals surface area contributed by atoms with E-state index in [2.05, 4.69) is 16.4 Å². The minimum absolute atomic E-state index is 0.101. The number of ether oxygens (including phenoxy) is 1. The number of carbonyl (C=O) groups is 1. The standard InChI is InChI=1S/C22H23FN2O2S/c1-2-3-4-5-6-12-27-19-9-7-8-17(21(19)23)14-24-22(26)16-10-11-18-20(13-16)28-15-25-18/h2-3,7-11,13,15H,4-6,12,14H2,1H3,(H,24,26). The Bertz CT molecular complexity index is 968. The first-order chi connectivity index (χ1) is 13.7. The number of carbonyl (C=O) groups excluding carboxylic acids is 1. The molecule has 0 aliphatic carbocycles. The molecular weight excluding hydrogens is 375 g/mol. The van der Waals surface area contributed by atoms with Crippen LogP contribution >= 0.6 is 11.3 Å². The minimum Gasteiger partial charge on any atom is -0.491 e. The molecule has 3 aromatic rings. The van der Waals surface area contributed by atoms with Crippen molar-refractivity contribution in [3.63, 3.8) is 0 Å². The number of aromatic nitrogens is 1. The van der Waals surface area contributed by atoms with Gasteiger partial charge in [-0.25, -0.2) is 9.37 Å². The van der Waals surface area contributed by atoms with Crippen molar-refractivity contribution in [2.75, 3.05) is 6.61 Å². The highest BCUT2D eigenvalue weighted by molar-refractivity contribution is 7.16. The van der Waals surface area contributed by atoms with Crippen molar-refractivity contribution in [3.8, 4) is 5.75 Å². The van der Waals surface area contributed by atoms with Crippen molar-refractivity contribution >= 4 is 27.5 Å². The summed E-state index contributed by atoms with van der Waals surface area (Å²) in [7, 11) is 0.